The lowest BCUT2D eigenvalue weighted by Crippen LogP contribution is -2.31. The number of hydrogen-bond donors (Lipinski definition) is 1. The molecule has 2 heterocycles. The fraction of sp³-hybridized carbons (Fsp3) is 0.278. The highest BCUT2D eigenvalue weighted by Gasteiger charge is 2.27. The maximum atomic E-state index is 11.6. The van der Waals surface area contributed by atoms with E-state index in [4.69, 9.17) is 13.9 Å². The van der Waals surface area contributed by atoms with Gasteiger partial charge >= 0.3 is 0 Å². The van der Waals surface area contributed by atoms with E-state index in [1.807, 2.05) is 6.92 Å². The number of fused-ring (bicyclic) bond motifs is 3. The van der Waals surface area contributed by atoms with Crippen molar-refractivity contribution in [3.63, 3.8) is 0 Å². The average molecular weight is 375 g/mol. The van der Waals surface area contributed by atoms with Gasteiger partial charge in [-0.2, -0.15) is 8.42 Å². The van der Waals surface area contributed by atoms with Gasteiger partial charge in [0.25, 0.3) is 10.1 Å². The minimum atomic E-state index is -4.32. The lowest BCUT2D eigenvalue weighted by Gasteiger charge is -2.26. The van der Waals surface area contributed by atoms with Crippen LogP contribution in [0.4, 0.5) is 0 Å². The predicted octanol–water partition coefficient (Wildman–Crippen LogP) is 3.07. The third kappa shape index (κ3) is 3.02. The highest BCUT2D eigenvalue weighted by Crippen LogP contribution is 2.39. The summed E-state index contributed by atoms with van der Waals surface area (Å²) in [6.07, 6.45) is -0.166. The van der Waals surface area contributed by atoms with Crippen LogP contribution < -0.4 is 9.47 Å². The Bertz CT molecular complexity index is 1100. The first-order valence-electron chi connectivity index (χ1n) is 8.08. The third-order valence-electron chi connectivity index (χ3n) is 4.23. The maximum Gasteiger partial charge on any atom is 0.294 e. The lowest BCUT2D eigenvalue weighted by atomic mass is 10.0. The molecule has 1 N–H and O–H groups in total. The zero-order valence-electron chi connectivity index (χ0n) is 14.2. The van der Waals surface area contributed by atoms with E-state index in [1.54, 1.807) is 31.2 Å². The number of rotatable bonds is 3. The van der Waals surface area contributed by atoms with Gasteiger partial charge < -0.3 is 13.9 Å². The Morgan fingerprint density at radius 2 is 2.04 bits per heavy atom. The summed E-state index contributed by atoms with van der Waals surface area (Å²) in [5, 5.41) is 0. The molecule has 1 aromatic heterocycles. The summed E-state index contributed by atoms with van der Waals surface area (Å²) in [4.78, 5) is 4.15. The number of benzene rings is 2. The Morgan fingerprint density at radius 3 is 2.81 bits per heavy atom. The van der Waals surface area contributed by atoms with E-state index < -0.39 is 16.2 Å². The Balaban J connectivity index is 1.68. The summed E-state index contributed by atoms with van der Waals surface area (Å²) >= 11 is 0. The van der Waals surface area contributed by atoms with Gasteiger partial charge in [0, 0.05) is 13.3 Å². The average Bonchev–Trinajstić information content (AvgIpc) is 2.94. The summed E-state index contributed by atoms with van der Waals surface area (Å²) in [5.74, 6) is 1.54. The molecule has 7 nitrogen and oxygen atoms in total. The van der Waals surface area contributed by atoms with Crippen LogP contribution in [0.2, 0.25) is 0 Å². The number of nitrogens with zero attached hydrogens (tertiary/aromatic N) is 1. The highest BCUT2D eigenvalue weighted by molar-refractivity contribution is 7.85. The molecule has 1 atom stereocenters. The molecular weight excluding hydrogens is 358 g/mol. The Kier molecular flexibility index (Phi) is 3.89. The van der Waals surface area contributed by atoms with Gasteiger partial charge in [0.1, 0.15) is 18.2 Å². The van der Waals surface area contributed by atoms with Crippen LogP contribution in [0.25, 0.3) is 11.1 Å². The molecule has 0 spiro atoms. The number of aryl methyl sites for hydroxylation is 2. The minimum Gasteiger partial charge on any atom is -0.486 e. The molecule has 8 heteroatoms. The van der Waals surface area contributed by atoms with Crippen molar-refractivity contribution in [3.05, 3.63) is 47.3 Å². The zero-order chi connectivity index (χ0) is 18.5. The monoisotopic (exact) mass is 375 g/mol. The largest absolute Gasteiger partial charge is 0.486 e. The van der Waals surface area contributed by atoms with Crippen LogP contribution >= 0.6 is 0 Å². The number of oxazole rings is 1. The van der Waals surface area contributed by atoms with Crippen molar-refractivity contribution in [3.8, 4) is 11.5 Å². The van der Waals surface area contributed by atoms with Crippen LogP contribution in [0, 0.1) is 13.8 Å². The summed E-state index contributed by atoms with van der Waals surface area (Å²) in [6, 6.07) is 8.33. The first kappa shape index (κ1) is 16.9. The van der Waals surface area contributed by atoms with Gasteiger partial charge in [-0.25, -0.2) is 4.98 Å². The molecule has 0 saturated carbocycles. The Morgan fingerprint density at radius 1 is 1.23 bits per heavy atom. The molecule has 0 amide bonds. The minimum absolute atomic E-state index is 0.119. The predicted molar refractivity (Wildman–Crippen MR) is 93.4 cm³/mol. The second-order valence-electron chi connectivity index (χ2n) is 6.32. The van der Waals surface area contributed by atoms with Gasteiger partial charge in [-0.05, 0) is 30.7 Å². The molecule has 0 aliphatic carbocycles. The molecule has 136 valence electrons. The van der Waals surface area contributed by atoms with Gasteiger partial charge in [0.15, 0.2) is 11.6 Å². The summed E-state index contributed by atoms with van der Waals surface area (Å²) in [7, 11) is -4.32. The number of hydrogen-bond acceptors (Lipinski definition) is 6. The van der Waals surface area contributed by atoms with Gasteiger partial charge in [-0.1, -0.05) is 17.7 Å². The van der Waals surface area contributed by atoms with Gasteiger partial charge in [-0.3, -0.25) is 4.55 Å². The topological polar surface area (TPSA) is 98.9 Å². The van der Waals surface area contributed by atoms with Crippen molar-refractivity contribution >= 4 is 21.2 Å². The number of aromatic nitrogens is 1. The second kappa shape index (κ2) is 6.00. The van der Waals surface area contributed by atoms with E-state index in [0.717, 1.165) is 5.56 Å². The van der Waals surface area contributed by atoms with E-state index in [2.05, 4.69) is 4.98 Å². The molecule has 1 aliphatic rings. The SMILES string of the molecule is Cc1ccc(S(=O)(=O)O)c(C[C@@H]2COc3ccc4nc(C)oc4c3O2)c1. The molecule has 4 rings (SSSR count). The fourth-order valence-corrected chi connectivity index (χ4v) is 3.85. The van der Waals surface area contributed by atoms with Gasteiger partial charge in [-0.15, -0.1) is 0 Å². The van der Waals surface area contributed by atoms with Crippen LogP contribution in [0.1, 0.15) is 17.0 Å². The van der Waals surface area contributed by atoms with Crippen molar-refractivity contribution in [2.24, 2.45) is 0 Å². The molecule has 0 unspecified atom stereocenters. The first-order valence-corrected chi connectivity index (χ1v) is 9.52. The standard InChI is InChI=1S/C18H17NO6S/c1-10-3-6-16(26(20,21)22)12(7-10)8-13-9-23-15-5-4-14-17(18(15)25-13)24-11(2)19-14/h3-7,13H,8-9H2,1-2H3,(H,20,21,22)/t13-/m1/s1. The van der Waals surface area contributed by atoms with Crippen LogP contribution in [0.5, 0.6) is 11.5 Å². The highest BCUT2D eigenvalue weighted by atomic mass is 32.2. The third-order valence-corrected chi connectivity index (χ3v) is 5.19. The quantitative estimate of drug-likeness (QED) is 0.702. The summed E-state index contributed by atoms with van der Waals surface area (Å²) in [6.45, 7) is 3.86. The molecule has 2 aromatic carbocycles. The molecule has 0 saturated heterocycles. The molecule has 0 fully saturated rings. The summed E-state index contributed by atoms with van der Waals surface area (Å²) < 4.78 is 50.2. The van der Waals surface area contributed by atoms with Crippen molar-refractivity contribution in [1.29, 1.82) is 0 Å². The van der Waals surface area contributed by atoms with Crippen LogP contribution in [-0.4, -0.2) is 30.7 Å². The Labute approximate surface area is 150 Å². The molecule has 0 radical (unpaired) electrons. The zero-order valence-corrected chi connectivity index (χ0v) is 15.0. The van der Waals surface area contributed by atoms with Crippen molar-refractivity contribution in [1.82, 2.24) is 4.98 Å². The molecule has 0 bridgehead atoms. The van der Waals surface area contributed by atoms with Crippen LogP contribution in [-0.2, 0) is 16.5 Å². The maximum absolute atomic E-state index is 11.6. The molecule has 26 heavy (non-hydrogen) atoms. The van der Waals surface area contributed by atoms with E-state index in [0.29, 0.717) is 34.1 Å². The van der Waals surface area contributed by atoms with E-state index in [9.17, 15) is 13.0 Å². The summed E-state index contributed by atoms with van der Waals surface area (Å²) in [5.41, 5.74) is 2.53. The molecule has 3 aromatic rings. The van der Waals surface area contributed by atoms with Crippen LogP contribution in [0.15, 0.2) is 39.6 Å². The number of ether oxygens (including phenoxy) is 2. The van der Waals surface area contributed by atoms with Gasteiger partial charge in [0.2, 0.25) is 11.3 Å². The van der Waals surface area contributed by atoms with E-state index in [1.165, 1.54) is 6.07 Å². The fourth-order valence-electron chi connectivity index (χ4n) is 3.13. The van der Waals surface area contributed by atoms with Crippen LogP contribution in [0.3, 0.4) is 0 Å². The lowest BCUT2D eigenvalue weighted by molar-refractivity contribution is 0.0914. The Hall–Kier alpha value is -2.58. The van der Waals surface area contributed by atoms with E-state index in [-0.39, 0.29) is 17.9 Å². The van der Waals surface area contributed by atoms with E-state index >= 15 is 0 Å². The molecule has 1 aliphatic heterocycles. The van der Waals surface area contributed by atoms with Gasteiger partial charge in [0.05, 0.1) is 4.90 Å². The second-order valence-corrected chi connectivity index (χ2v) is 7.71. The van der Waals surface area contributed by atoms with Crippen molar-refractivity contribution in [2.75, 3.05) is 6.61 Å². The molecular formula is C18H17NO6S. The first-order chi connectivity index (χ1) is 12.3. The normalized spacial score (nSPS) is 16.8. The van der Waals surface area contributed by atoms with Crippen molar-refractivity contribution < 1.29 is 26.9 Å². The van der Waals surface area contributed by atoms with Crippen molar-refractivity contribution in [2.45, 2.75) is 31.3 Å². The smallest absolute Gasteiger partial charge is 0.294 e.